The van der Waals surface area contributed by atoms with Crippen molar-refractivity contribution in [3.8, 4) is 0 Å². The summed E-state index contributed by atoms with van der Waals surface area (Å²) >= 11 is 3.66. The molecule has 1 aromatic carbocycles. The summed E-state index contributed by atoms with van der Waals surface area (Å²) in [5.74, 6) is 0. The summed E-state index contributed by atoms with van der Waals surface area (Å²) in [4.78, 5) is 16.8. The average Bonchev–Trinajstić information content (AvgIpc) is 2.97. The molecule has 5 nitrogen and oxygen atoms in total. The first kappa shape index (κ1) is 20.6. The van der Waals surface area contributed by atoms with Crippen molar-refractivity contribution in [2.75, 3.05) is 5.32 Å². The molecule has 0 saturated heterocycles. The third-order valence-corrected chi connectivity index (χ3v) is 11.3. The maximum absolute atomic E-state index is 12.1. The molecular formula is C21H26BrN3O2Si. The lowest BCUT2D eigenvalue weighted by atomic mass is 10.2. The number of nitrogens with zero attached hydrogens (tertiary/aromatic N) is 2. The van der Waals surface area contributed by atoms with Crippen molar-refractivity contribution in [2.45, 2.75) is 45.5 Å². The number of ether oxygens (including phenoxy) is 1. The molecule has 0 fully saturated rings. The molecule has 1 N–H and O–H groups in total. The van der Waals surface area contributed by atoms with Gasteiger partial charge in [-0.2, -0.15) is 0 Å². The number of carbonyl (C=O) groups excluding carboxylic acids is 1. The first-order chi connectivity index (χ1) is 13.1. The zero-order chi connectivity index (χ0) is 20.5. The van der Waals surface area contributed by atoms with Crippen LogP contribution >= 0.6 is 15.9 Å². The largest absolute Gasteiger partial charge is 0.444 e. The third-order valence-electron chi connectivity index (χ3n) is 5.49. The van der Waals surface area contributed by atoms with Gasteiger partial charge >= 0.3 is 6.09 Å². The van der Waals surface area contributed by atoms with E-state index in [0.29, 0.717) is 5.69 Å². The SMILES string of the molecule is CC(C)(C)[Si](C)(C)n1cc(Br)c2cc(NC(=O)OCc3ccccc3)cnc21. The summed E-state index contributed by atoms with van der Waals surface area (Å²) in [5, 5.41) is 3.92. The van der Waals surface area contributed by atoms with E-state index in [1.165, 1.54) is 0 Å². The number of carbonyl (C=O) groups is 1. The minimum atomic E-state index is -1.81. The van der Waals surface area contributed by atoms with Crippen LogP contribution in [0.2, 0.25) is 18.1 Å². The van der Waals surface area contributed by atoms with Crippen LogP contribution < -0.4 is 5.32 Å². The Morgan fingerprint density at radius 1 is 1.25 bits per heavy atom. The molecule has 0 aliphatic rings. The Morgan fingerprint density at radius 3 is 2.57 bits per heavy atom. The van der Waals surface area contributed by atoms with Crippen LogP contribution in [0.25, 0.3) is 11.0 Å². The number of fused-ring (bicyclic) bond motifs is 1. The standard InChI is InChI=1S/C21H26BrN3O2Si/c1-21(2,3)28(4,5)25-13-18(22)17-11-16(12-23-19(17)25)24-20(26)27-14-15-9-7-6-8-10-15/h6-13H,14H2,1-5H3,(H,24,26). The van der Waals surface area contributed by atoms with Crippen LogP contribution in [0.5, 0.6) is 0 Å². The lowest BCUT2D eigenvalue weighted by Gasteiger charge is -2.38. The Hall–Kier alpha value is -2.12. The molecule has 148 valence electrons. The summed E-state index contributed by atoms with van der Waals surface area (Å²) < 4.78 is 8.59. The number of nitrogens with one attached hydrogen (secondary N) is 1. The number of benzene rings is 1. The van der Waals surface area contributed by atoms with Crippen molar-refractivity contribution in [3.63, 3.8) is 0 Å². The number of hydrogen-bond donors (Lipinski definition) is 1. The molecule has 3 aromatic rings. The van der Waals surface area contributed by atoms with E-state index in [0.717, 1.165) is 21.1 Å². The summed E-state index contributed by atoms with van der Waals surface area (Å²) in [6.45, 7) is 11.7. The highest BCUT2D eigenvalue weighted by molar-refractivity contribution is 9.10. The molecule has 28 heavy (non-hydrogen) atoms. The summed E-state index contributed by atoms with van der Waals surface area (Å²) in [5.41, 5.74) is 2.49. The van der Waals surface area contributed by atoms with Gasteiger partial charge in [0.2, 0.25) is 0 Å². The van der Waals surface area contributed by atoms with E-state index in [-0.39, 0.29) is 11.6 Å². The molecule has 3 rings (SSSR count). The molecule has 0 aliphatic heterocycles. The van der Waals surface area contributed by atoms with Crippen molar-refractivity contribution < 1.29 is 9.53 Å². The van der Waals surface area contributed by atoms with Gasteiger partial charge in [0, 0.05) is 16.1 Å². The van der Waals surface area contributed by atoms with E-state index in [1.807, 2.05) is 36.4 Å². The number of amides is 1. The lowest BCUT2D eigenvalue weighted by Crippen LogP contribution is -2.45. The van der Waals surface area contributed by atoms with Gasteiger partial charge in [-0.25, -0.2) is 9.78 Å². The molecule has 0 saturated carbocycles. The van der Waals surface area contributed by atoms with Gasteiger partial charge in [0.05, 0.1) is 11.9 Å². The first-order valence-corrected chi connectivity index (χ1v) is 13.0. The minimum Gasteiger partial charge on any atom is -0.444 e. The monoisotopic (exact) mass is 459 g/mol. The molecule has 0 atom stereocenters. The molecule has 0 aliphatic carbocycles. The smallest absolute Gasteiger partial charge is 0.412 e. The second-order valence-corrected chi connectivity index (χ2v) is 14.4. The number of anilines is 1. The Balaban J connectivity index is 1.79. The van der Waals surface area contributed by atoms with Crippen molar-refractivity contribution in [1.82, 2.24) is 9.22 Å². The van der Waals surface area contributed by atoms with Crippen LogP contribution in [0.4, 0.5) is 10.5 Å². The molecule has 2 aromatic heterocycles. The van der Waals surface area contributed by atoms with Crippen LogP contribution in [0.1, 0.15) is 26.3 Å². The van der Waals surface area contributed by atoms with Crippen molar-refractivity contribution in [1.29, 1.82) is 0 Å². The predicted octanol–water partition coefficient (Wildman–Crippen LogP) is 6.40. The van der Waals surface area contributed by atoms with E-state index in [9.17, 15) is 4.79 Å². The van der Waals surface area contributed by atoms with E-state index in [1.54, 1.807) is 6.20 Å². The number of aromatic nitrogens is 2. The second-order valence-electron chi connectivity index (χ2n) is 8.44. The molecule has 1 amide bonds. The molecule has 0 unspecified atom stereocenters. The molecule has 7 heteroatoms. The molecule has 0 radical (unpaired) electrons. The fourth-order valence-electron chi connectivity index (χ4n) is 2.80. The molecule has 0 spiro atoms. The maximum atomic E-state index is 12.1. The van der Waals surface area contributed by atoms with Crippen LogP contribution in [-0.4, -0.2) is 23.5 Å². The molecular weight excluding hydrogens is 434 g/mol. The maximum Gasteiger partial charge on any atom is 0.412 e. The van der Waals surface area contributed by atoms with Crippen molar-refractivity contribution in [3.05, 3.63) is 58.8 Å². The quantitative estimate of drug-likeness (QED) is 0.459. The van der Waals surface area contributed by atoms with E-state index in [4.69, 9.17) is 4.74 Å². The molecule has 2 heterocycles. The Bertz CT molecular complexity index is 994. The lowest BCUT2D eigenvalue weighted by molar-refractivity contribution is 0.155. The van der Waals surface area contributed by atoms with E-state index >= 15 is 0 Å². The van der Waals surface area contributed by atoms with Crippen molar-refractivity contribution >= 4 is 47.0 Å². The Kier molecular flexibility index (Phi) is 5.68. The van der Waals surface area contributed by atoms with Gasteiger partial charge in [-0.1, -0.05) is 64.2 Å². The second kappa shape index (κ2) is 7.71. The van der Waals surface area contributed by atoms with Crippen molar-refractivity contribution in [2.24, 2.45) is 0 Å². The summed E-state index contributed by atoms with van der Waals surface area (Å²) in [6.07, 6.45) is 3.31. The van der Waals surface area contributed by atoms with E-state index < -0.39 is 14.3 Å². The van der Waals surface area contributed by atoms with Crippen LogP contribution in [0.15, 0.2) is 53.3 Å². The summed E-state index contributed by atoms with van der Waals surface area (Å²) in [6, 6.07) is 11.5. The van der Waals surface area contributed by atoms with Gasteiger partial charge in [-0.15, -0.1) is 0 Å². The Morgan fingerprint density at radius 2 is 1.93 bits per heavy atom. The van der Waals surface area contributed by atoms with Gasteiger partial charge in [0.25, 0.3) is 0 Å². The van der Waals surface area contributed by atoms with Crippen LogP contribution in [0, 0.1) is 0 Å². The van der Waals surface area contributed by atoms with Gasteiger partial charge in [0.1, 0.15) is 12.3 Å². The zero-order valence-corrected chi connectivity index (χ0v) is 19.5. The van der Waals surface area contributed by atoms with Crippen LogP contribution in [0.3, 0.4) is 0 Å². The van der Waals surface area contributed by atoms with Gasteiger partial charge < -0.3 is 8.97 Å². The fourth-order valence-corrected chi connectivity index (χ4v) is 5.37. The Labute approximate surface area is 175 Å². The topological polar surface area (TPSA) is 56.2 Å². The number of pyridine rings is 1. The van der Waals surface area contributed by atoms with Gasteiger partial charge in [-0.05, 0) is 32.6 Å². The minimum absolute atomic E-state index is 0.179. The first-order valence-electron chi connectivity index (χ1n) is 9.24. The molecule has 0 bridgehead atoms. The van der Waals surface area contributed by atoms with Gasteiger partial charge in [-0.3, -0.25) is 5.32 Å². The zero-order valence-electron chi connectivity index (χ0n) is 16.9. The summed E-state index contributed by atoms with van der Waals surface area (Å²) in [7, 11) is -1.81. The predicted molar refractivity (Wildman–Crippen MR) is 120 cm³/mol. The highest BCUT2D eigenvalue weighted by Gasteiger charge is 2.38. The highest BCUT2D eigenvalue weighted by Crippen LogP contribution is 2.40. The highest BCUT2D eigenvalue weighted by atomic mass is 79.9. The number of rotatable bonds is 4. The van der Waals surface area contributed by atoms with Gasteiger partial charge in [0.15, 0.2) is 8.24 Å². The fraction of sp³-hybridized carbons (Fsp3) is 0.333. The van der Waals surface area contributed by atoms with E-state index in [2.05, 4.69) is 70.5 Å². The average molecular weight is 460 g/mol. The third kappa shape index (κ3) is 4.15. The number of hydrogen-bond acceptors (Lipinski definition) is 3. The van der Waals surface area contributed by atoms with Crippen LogP contribution in [-0.2, 0) is 11.3 Å². The normalized spacial score (nSPS) is 12.2. The number of halogens is 1.